The summed E-state index contributed by atoms with van der Waals surface area (Å²) in [5, 5.41) is 5.41. The first kappa shape index (κ1) is 20.9. The second kappa shape index (κ2) is 10.6. The molecule has 1 heterocycles. The molecule has 0 aliphatic heterocycles. The maximum atomic E-state index is 11.9. The Morgan fingerprint density at radius 3 is 2.32 bits per heavy atom. The Hall–Kier alpha value is -1.11. The summed E-state index contributed by atoms with van der Waals surface area (Å²) in [6.45, 7) is 11.0. The molecule has 0 fully saturated rings. The normalized spacial score (nSPS) is 10.2. The fourth-order valence-corrected chi connectivity index (χ4v) is 3.04. The Kier molecular flexibility index (Phi) is 10.1. The van der Waals surface area contributed by atoms with E-state index in [1.165, 1.54) is 18.3 Å². The fraction of sp³-hybridized carbons (Fsp3) is 0.600. The predicted octanol–water partition coefficient (Wildman–Crippen LogP) is 3.21. The van der Waals surface area contributed by atoms with Gasteiger partial charge in [-0.15, -0.1) is 23.7 Å². The van der Waals surface area contributed by atoms with E-state index in [1.807, 2.05) is 11.4 Å². The van der Waals surface area contributed by atoms with Crippen LogP contribution in [0.1, 0.15) is 34.1 Å². The average molecular weight is 348 g/mol. The minimum Gasteiger partial charge on any atom is -0.316 e. The third-order valence-electron chi connectivity index (χ3n) is 3.36. The first-order valence-electron chi connectivity index (χ1n) is 7.35. The number of nitrogens with one attached hydrogen (secondary N) is 1. The Morgan fingerprint density at radius 1 is 1.18 bits per heavy atom. The average Bonchev–Trinajstić information content (AvgIpc) is 2.85. The standard InChI is InChI=1S/C15H25N3O2S.ClH/c1-5-17(6-2)9-7-10-18(13(4)20)14-8-11-21-15(14)16-12(3)19;/h8,11H,5-7,9-10H2,1-4H3,(H,16,19);1H. The maximum Gasteiger partial charge on any atom is 0.223 e. The number of rotatable bonds is 8. The van der Waals surface area contributed by atoms with Gasteiger partial charge in [-0.1, -0.05) is 13.8 Å². The number of thiophene rings is 1. The summed E-state index contributed by atoms with van der Waals surface area (Å²) in [5.74, 6) is -0.120. The monoisotopic (exact) mass is 347 g/mol. The van der Waals surface area contributed by atoms with E-state index in [0.29, 0.717) is 6.54 Å². The van der Waals surface area contributed by atoms with Crippen molar-refractivity contribution in [3.05, 3.63) is 11.4 Å². The number of amides is 2. The van der Waals surface area contributed by atoms with Crippen LogP contribution >= 0.6 is 23.7 Å². The van der Waals surface area contributed by atoms with Crippen molar-refractivity contribution in [1.82, 2.24) is 4.90 Å². The summed E-state index contributed by atoms with van der Waals surface area (Å²) in [6, 6.07) is 1.88. The number of hydrogen-bond donors (Lipinski definition) is 1. The Labute approximate surface area is 143 Å². The van der Waals surface area contributed by atoms with Crippen LogP contribution in [0.5, 0.6) is 0 Å². The molecule has 0 aliphatic carbocycles. The van der Waals surface area contributed by atoms with Crippen LogP contribution in [0.25, 0.3) is 0 Å². The zero-order valence-corrected chi connectivity index (χ0v) is 15.4. The van der Waals surface area contributed by atoms with Gasteiger partial charge in [0, 0.05) is 20.4 Å². The molecule has 0 saturated heterocycles. The molecule has 1 N–H and O–H groups in total. The maximum absolute atomic E-state index is 11.9. The Bertz CT molecular complexity index is 475. The molecule has 126 valence electrons. The van der Waals surface area contributed by atoms with Crippen molar-refractivity contribution >= 4 is 46.2 Å². The van der Waals surface area contributed by atoms with Gasteiger partial charge in [-0.2, -0.15) is 0 Å². The molecule has 5 nitrogen and oxygen atoms in total. The molecule has 0 atom stereocenters. The van der Waals surface area contributed by atoms with Gasteiger partial charge in [0.15, 0.2) is 0 Å². The van der Waals surface area contributed by atoms with Crippen molar-refractivity contribution in [2.75, 3.05) is 36.4 Å². The first-order chi connectivity index (χ1) is 9.99. The van der Waals surface area contributed by atoms with Gasteiger partial charge in [-0.05, 0) is 37.5 Å². The molecule has 0 aliphatic rings. The number of hydrogen-bond acceptors (Lipinski definition) is 4. The lowest BCUT2D eigenvalue weighted by Gasteiger charge is -2.24. The van der Waals surface area contributed by atoms with Crippen LogP contribution < -0.4 is 10.2 Å². The summed E-state index contributed by atoms with van der Waals surface area (Å²) >= 11 is 1.44. The minimum atomic E-state index is -0.120. The summed E-state index contributed by atoms with van der Waals surface area (Å²) in [5.41, 5.74) is 0.794. The topological polar surface area (TPSA) is 52.6 Å². The van der Waals surface area contributed by atoms with Crippen LogP contribution in [0.15, 0.2) is 11.4 Å². The number of anilines is 2. The van der Waals surface area contributed by atoms with Gasteiger partial charge in [0.25, 0.3) is 0 Å². The van der Waals surface area contributed by atoms with Crippen molar-refractivity contribution in [1.29, 1.82) is 0 Å². The van der Waals surface area contributed by atoms with E-state index < -0.39 is 0 Å². The Morgan fingerprint density at radius 2 is 1.82 bits per heavy atom. The molecule has 0 bridgehead atoms. The van der Waals surface area contributed by atoms with Crippen LogP contribution in [0.2, 0.25) is 0 Å². The van der Waals surface area contributed by atoms with Gasteiger partial charge in [0.2, 0.25) is 11.8 Å². The van der Waals surface area contributed by atoms with Crippen LogP contribution in [-0.4, -0.2) is 42.9 Å². The van der Waals surface area contributed by atoms with Gasteiger partial charge in [-0.3, -0.25) is 9.59 Å². The zero-order chi connectivity index (χ0) is 15.8. The number of halogens is 1. The number of nitrogens with zero attached hydrogens (tertiary/aromatic N) is 2. The van der Waals surface area contributed by atoms with Crippen molar-refractivity contribution < 1.29 is 9.59 Å². The molecule has 22 heavy (non-hydrogen) atoms. The van der Waals surface area contributed by atoms with Crippen molar-refractivity contribution in [3.8, 4) is 0 Å². The predicted molar refractivity (Wildman–Crippen MR) is 96.3 cm³/mol. The Balaban J connectivity index is 0.00000441. The van der Waals surface area contributed by atoms with Gasteiger partial charge in [-0.25, -0.2) is 0 Å². The van der Waals surface area contributed by atoms with Crippen molar-refractivity contribution in [2.24, 2.45) is 0 Å². The van der Waals surface area contributed by atoms with Crippen LogP contribution in [0.3, 0.4) is 0 Å². The third-order valence-corrected chi connectivity index (χ3v) is 4.17. The number of carbonyl (C=O) groups is 2. The van der Waals surface area contributed by atoms with Crippen molar-refractivity contribution in [3.63, 3.8) is 0 Å². The van der Waals surface area contributed by atoms with E-state index in [1.54, 1.807) is 11.8 Å². The molecule has 0 unspecified atom stereocenters. The molecule has 7 heteroatoms. The lowest BCUT2D eigenvalue weighted by atomic mass is 10.3. The van der Waals surface area contributed by atoms with Crippen LogP contribution in [0, 0.1) is 0 Å². The fourth-order valence-electron chi connectivity index (χ4n) is 2.21. The summed E-state index contributed by atoms with van der Waals surface area (Å²) in [6.07, 6.45) is 0.913. The van der Waals surface area contributed by atoms with Crippen molar-refractivity contribution in [2.45, 2.75) is 34.1 Å². The second-order valence-corrected chi connectivity index (χ2v) is 5.78. The molecule has 0 radical (unpaired) electrons. The highest BCUT2D eigenvalue weighted by Gasteiger charge is 2.17. The van der Waals surface area contributed by atoms with E-state index in [9.17, 15) is 9.59 Å². The zero-order valence-electron chi connectivity index (χ0n) is 13.7. The SMILES string of the molecule is CCN(CC)CCCN(C(C)=O)c1ccsc1NC(C)=O.Cl. The highest BCUT2D eigenvalue weighted by molar-refractivity contribution is 7.15. The van der Waals surface area contributed by atoms with Crippen LogP contribution in [0.4, 0.5) is 10.7 Å². The van der Waals surface area contributed by atoms with Crippen LogP contribution in [-0.2, 0) is 9.59 Å². The largest absolute Gasteiger partial charge is 0.316 e. The highest BCUT2D eigenvalue weighted by Crippen LogP contribution is 2.32. The number of carbonyl (C=O) groups excluding carboxylic acids is 2. The van der Waals surface area contributed by atoms with Gasteiger partial charge < -0.3 is 15.1 Å². The second-order valence-electron chi connectivity index (χ2n) is 4.87. The van der Waals surface area contributed by atoms with Gasteiger partial charge in [0.1, 0.15) is 5.00 Å². The quantitative estimate of drug-likeness (QED) is 0.785. The molecule has 1 rings (SSSR count). The molecule has 2 amide bonds. The highest BCUT2D eigenvalue weighted by atomic mass is 35.5. The third kappa shape index (κ3) is 6.34. The molecule has 0 aromatic carbocycles. The van der Waals surface area contributed by atoms with Gasteiger partial charge >= 0.3 is 0 Å². The molecule has 0 saturated carbocycles. The summed E-state index contributed by atoms with van der Waals surface area (Å²) in [7, 11) is 0. The molecule has 1 aromatic rings. The smallest absolute Gasteiger partial charge is 0.223 e. The molecule has 0 spiro atoms. The van der Waals surface area contributed by atoms with E-state index in [4.69, 9.17) is 0 Å². The van der Waals surface area contributed by atoms with E-state index in [0.717, 1.165) is 36.7 Å². The summed E-state index contributed by atoms with van der Waals surface area (Å²) < 4.78 is 0. The minimum absolute atomic E-state index is 0. The lowest BCUT2D eigenvalue weighted by molar-refractivity contribution is -0.117. The molecule has 1 aromatic heterocycles. The van der Waals surface area contributed by atoms with Gasteiger partial charge in [0.05, 0.1) is 5.69 Å². The van der Waals surface area contributed by atoms with E-state index in [-0.39, 0.29) is 24.2 Å². The summed E-state index contributed by atoms with van der Waals surface area (Å²) in [4.78, 5) is 27.2. The van der Waals surface area contributed by atoms with E-state index >= 15 is 0 Å². The molecular formula is C15H26ClN3O2S. The first-order valence-corrected chi connectivity index (χ1v) is 8.23. The lowest BCUT2D eigenvalue weighted by Crippen LogP contribution is -2.33. The molecular weight excluding hydrogens is 322 g/mol. The van der Waals surface area contributed by atoms with E-state index in [2.05, 4.69) is 24.1 Å².